The van der Waals surface area contributed by atoms with E-state index in [1.54, 1.807) is 12.1 Å². The molecule has 24 heavy (non-hydrogen) atoms. The van der Waals surface area contributed by atoms with Crippen molar-refractivity contribution in [3.05, 3.63) is 78.4 Å². The molecule has 122 valence electrons. The highest BCUT2D eigenvalue weighted by Gasteiger charge is 2.00. The minimum Gasteiger partial charge on any atom is -0.370 e. The van der Waals surface area contributed by atoms with Crippen LogP contribution in [-0.2, 0) is 6.42 Å². The van der Waals surface area contributed by atoms with Crippen molar-refractivity contribution in [3.63, 3.8) is 0 Å². The first-order valence-corrected chi connectivity index (χ1v) is 7.92. The van der Waals surface area contributed by atoms with E-state index in [0.29, 0.717) is 5.82 Å². The second kappa shape index (κ2) is 8.06. The van der Waals surface area contributed by atoms with Gasteiger partial charge in [0.1, 0.15) is 23.8 Å². The van der Waals surface area contributed by atoms with Crippen LogP contribution in [0, 0.1) is 5.82 Å². The highest BCUT2D eigenvalue weighted by atomic mass is 19.1. The second-order valence-corrected chi connectivity index (χ2v) is 5.44. The van der Waals surface area contributed by atoms with Crippen molar-refractivity contribution in [1.29, 1.82) is 0 Å². The van der Waals surface area contributed by atoms with Gasteiger partial charge in [-0.05, 0) is 42.7 Å². The van der Waals surface area contributed by atoms with Crippen molar-refractivity contribution in [2.45, 2.75) is 12.8 Å². The number of aryl methyl sites for hydroxylation is 1. The Labute approximate surface area is 140 Å². The average Bonchev–Trinajstić information content (AvgIpc) is 2.62. The molecule has 0 saturated carbocycles. The summed E-state index contributed by atoms with van der Waals surface area (Å²) >= 11 is 0. The smallest absolute Gasteiger partial charge is 0.135 e. The fourth-order valence-corrected chi connectivity index (χ4v) is 2.36. The molecule has 0 aliphatic heterocycles. The zero-order chi connectivity index (χ0) is 16.6. The fourth-order valence-electron chi connectivity index (χ4n) is 2.36. The lowest BCUT2D eigenvalue weighted by molar-refractivity contribution is 0.628. The molecule has 1 aromatic heterocycles. The topological polar surface area (TPSA) is 49.8 Å². The highest BCUT2D eigenvalue weighted by Crippen LogP contribution is 2.16. The maximum absolute atomic E-state index is 12.9. The van der Waals surface area contributed by atoms with Crippen LogP contribution in [0.25, 0.3) is 0 Å². The van der Waals surface area contributed by atoms with Crippen LogP contribution in [0.2, 0.25) is 0 Å². The van der Waals surface area contributed by atoms with Crippen LogP contribution in [-0.4, -0.2) is 16.5 Å². The van der Waals surface area contributed by atoms with Gasteiger partial charge >= 0.3 is 0 Å². The molecule has 3 aromatic rings. The number of halogens is 1. The minimum absolute atomic E-state index is 0.260. The van der Waals surface area contributed by atoms with Gasteiger partial charge < -0.3 is 10.6 Å². The summed E-state index contributed by atoms with van der Waals surface area (Å²) in [4.78, 5) is 8.39. The van der Waals surface area contributed by atoms with Gasteiger partial charge in [-0.2, -0.15) is 0 Å². The van der Waals surface area contributed by atoms with Gasteiger partial charge in [0.2, 0.25) is 0 Å². The van der Waals surface area contributed by atoms with Gasteiger partial charge in [-0.1, -0.05) is 30.3 Å². The molecule has 0 aliphatic carbocycles. The number of nitrogens with zero attached hydrogens (tertiary/aromatic N) is 2. The number of nitrogens with one attached hydrogen (secondary N) is 2. The summed E-state index contributed by atoms with van der Waals surface area (Å²) in [5.41, 5.74) is 2.12. The number of aromatic nitrogens is 2. The SMILES string of the molecule is Fc1ccc(Nc2cc(NCCCc3ccccc3)ncn2)cc1. The highest BCUT2D eigenvalue weighted by molar-refractivity contribution is 5.58. The summed E-state index contributed by atoms with van der Waals surface area (Å²) in [6.45, 7) is 0.835. The first kappa shape index (κ1) is 15.9. The third-order valence-corrected chi connectivity index (χ3v) is 3.57. The molecule has 0 bridgehead atoms. The summed E-state index contributed by atoms with van der Waals surface area (Å²) in [5, 5.41) is 6.43. The van der Waals surface area contributed by atoms with Crippen molar-refractivity contribution in [2.75, 3.05) is 17.2 Å². The third-order valence-electron chi connectivity index (χ3n) is 3.57. The fraction of sp³-hybridized carbons (Fsp3) is 0.158. The zero-order valence-corrected chi connectivity index (χ0v) is 13.2. The van der Waals surface area contributed by atoms with Crippen molar-refractivity contribution in [1.82, 2.24) is 9.97 Å². The summed E-state index contributed by atoms with van der Waals surface area (Å²) in [7, 11) is 0. The summed E-state index contributed by atoms with van der Waals surface area (Å²) in [6, 6.07) is 18.4. The summed E-state index contributed by atoms with van der Waals surface area (Å²) < 4.78 is 12.9. The van der Waals surface area contributed by atoms with E-state index in [1.165, 1.54) is 24.0 Å². The van der Waals surface area contributed by atoms with E-state index >= 15 is 0 Å². The molecule has 1 heterocycles. The molecule has 5 heteroatoms. The third kappa shape index (κ3) is 4.78. The molecular weight excluding hydrogens is 303 g/mol. The van der Waals surface area contributed by atoms with E-state index in [4.69, 9.17) is 0 Å². The molecule has 0 saturated heterocycles. The van der Waals surface area contributed by atoms with Crippen LogP contribution >= 0.6 is 0 Å². The van der Waals surface area contributed by atoms with Gasteiger partial charge in [0, 0.05) is 18.3 Å². The van der Waals surface area contributed by atoms with Crippen molar-refractivity contribution in [2.24, 2.45) is 0 Å². The Morgan fingerprint density at radius 1 is 0.875 bits per heavy atom. The van der Waals surface area contributed by atoms with Gasteiger partial charge in [0.15, 0.2) is 0 Å². The van der Waals surface area contributed by atoms with E-state index in [2.05, 4.69) is 44.9 Å². The molecule has 0 spiro atoms. The molecule has 2 N–H and O–H groups in total. The van der Waals surface area contributed by atoms with Gasteiger partial charge in [0.05, 0.1) is 0 Å². The Hall–Kier alpha value is -2.95. The van der Waals surface area contributed by atoms with Gasteiger partial charge in [0.25, 0.3) is 0 Å². The normalized spacial score (nSPS) is 10.4. The van der Waals surface area contributed by atoms with E-state index in [0.717, 1.165) is 30.9 Å². The van der Waals surface area contributed by atoms with Crippen LogP contribution in [0.4, 0.5) is 21.7 Å². The zero-order valence-electron chi connectivity index (χ0n) is 13.2. The van der Waals surface area contributed by atoms with Crippen molar-refractivity contribution in [3.8, 4) is 0 Å². The van der Waals surface area contributed by atoms with Crippen LogP contribution in [0.5, 0.6) is 0 Å². The molecule has 0 radical (unpaired) electrons. The lowest BCUT2D eigenvalue weighted by Crippen LogP contribution is -2.05. The Morgan fingerprint density at radius 2 is 1.62 bits per heavy atom. The van der Waals surface area contributed by atoms with Crippen molar-refractivity contribution >= 4 is 17.3 Å². The number of benzene rings is 2. The molecule has 0 unspecified atom stereocenters. The van der Waals surface area contributed by atoms with E-state index in [9.17, 15) is 4.39 Å². The van der Waals surface area contributed by atoms with Gasteiger partial charge in [-0.15, -0.1) is 0 Å². The Bertz CT molecular complexity index is 760. The average molecular weight is 322 g/mol. The van der Waals surface area contributed by atoms with Gasteiger partial charge in [-0.25, -0.2) is 14.4 Å². The molecule has 0 amide bonds. The Balaban J connectivity index is 1.50. The summed E-state index contributed by atoms with van der Waals surface area (Å²) in [5.74, 6) is 1.17. The number of rotatable bonds is 7. The van der Waals surface area contributed by atoms with E-state index in [-0.39, 0.29) is 5.82 Å². The predicted molar refractivity (Wildman–Crippen MR) is 95.0 cm³/mol. The monoisotopic (exact) mass is 322 g/mol. The standard InChI is InChI=1S/C19H19FN4/c20-16-8-10-17(11-9-16)24-19-13-18(22-14-23-19)21-12-4-7-15-5-2-1-3-6-15/h1-3,5-6,8-11,13-14H,4,7,12H2,(H2,21,22,23,24). The predicted octanol–water partition coefficient (Wildman–Crippen LogP) is 4.40. The maximum atomic E-state index is 12.9. The van der Waals surface area contributed by atoms with Crippen LogP contribution in [0.3, 0.4) is 0 Å². The lowest BCUT2D eigenvalue weighted by atomic mass is 10.1. The first-order chi connectivity index (χ1) is 11.8. The number of hydrogen-bond acceptors (Lipinski definition) is 4. The lowest BCUT2D eigenvalue weighted by Gasteiger charge is -2.09. The minimum atomic E-state index is -0.260. The molecule has 4 nitrogen and oxygen atoms in total. The quantitative estimate of drug-likeness (QED) is 0.633. The van der Waals surface area contributed by atoms with Crippen LogP contribution < -0.4 is 10.6 Å². The molecule has 2 aromatic carbocycles. The second-order valence-electron chi connectivity index (χ2n) is 5.44. The van der Waals surface area contributed by atoms with Crippen molar-refractivity contribution < 1.29 is 4.39 Å². The Morgan fingerprint density at radius 3 is 2.42 bits per heavy atom. The first-order valence-electron chi connectivity index (χ1n) is 7.92. The number of anilines is 3. The molecule has 0 atom stereocenters. The molecule has 0 aliphatic rings. The van der Waals surface area contributed by atoms with Gasteiger partial charge in [-0.3, -0.25) is 0 Å². The van der Waals surface area contributed by atoms with Crippen LogP contribution in [0.1, 0.15) is 12.0 Å². The summed E-state index contributed by atoms with van der Waals surface area (Å²) in [6.07, 6.45) is 3.56. The Kier molecular flexibility index (Phi) is 5.35. The largest absolute Gasteiger partial charge is 0.370 e. The van der Waals surface area contributed by atoms with E-state index < -0.39 is 0 Å². The van der Waals surface area contributed by atoms with E-state index in [1.807, 2.05) is 12.1 Å². The molecular formula is C19H19FN4. The van der Waals surface area contributed by atoms with Crippen LogP contribution in [0.15, 0.2) is 67.0 Å². The number of hydrogen-bond donors (Lipinski definition) is 2. The molecule has 3 rings (SSSR count). The molecule has 0 fully saturated rings. The maximum Gasteiger partial charge on any atom is 0.135 e.